The molecule has 1 unspecified atom stereocenters. The van der Waals surface area contributed by atoms with Crippen LogP contribution in [-0.4, -0.2) is 23.8 Å². The number of hydrogen-bond acceptors (Lipinski definition) is 2. The van der Waals surface area contributed by atoms with Crippen LogP contribution in [0.1, 0.15) is 58.8 Å². The molecule has 0 aromatic rings. The van der Waals surface area contributed by atoms with Crippen molar-refractivity contribution in [2.75, 3.05) is 6.61 Å². The fourth-order valence-corrected chi connectivity index (χ4v) is 2.01. The van der Waals surface area contributed by atoms with E-state index in [1.54, 1.807) is 0 Å². The van der Waals surface area contributed by atoms with Crippen molar-refractivity contribution in [1.82, 2.24) is 0 Å². The second-order valence-corrected chi connectivity index (χ2v) is 5.60. The number of hydrogen-bond donors (Lipinski definition) is 1. The van der Waals surface area contributed by atoms with Gasteiger partial charge in [-0.15, -0.1) is 0 Å². The Morgan fingerprint density at radius 2 is 1.24 bits per heavy atom. The molecular formula is C22H34O3. The molecule has 3 nitrogen and oxygen atoms in total. The van der Waals surface area contributed by atoms with E-state index in [-0.39, 0.29) is 0 Å². The molecule has 1 atom stereocenters. The first-order valence-electron chi connectivity index (χ1n) is 9.31. The summed E-state index contributed by atoms with van der Waals surface area (Å²) in [5, 5.41) is 8.84. The van der Waals surface area contributed by atoms with E-state index in [4.69, 9.17) is 9.84 Å². The molecule has 0 aromatic carbocycles. The predicted molar refractivity (Wildman–Crippen MR) is 107 cm³/mol. The molecule has 0 saturated carbocycles. The predicted octanol–water partition coefficient (Wildman–Crippen LogP) is 6.01. The van der Waals surface area contributed by atoms with Crippen LogP contribution >= 0.6 is 0 Å². The second kappa shape index (κ2) is 18.5. The average molecular weight is 347 g/mol. The van der Waals surface area contributed by atoms with Crippen molar-refractivity contribution in [3.63, 3.8) is 0 Å². The molecule has 0 aliphatic carbocycles. The molecular weight excluding hydrogens is 312 g/mol. The van der Waals surface area contributed by atoms with E-state index >= 15 is 0 Å². The van der Waals surface area contributed by atoms with Gasteiger partial charge in [0.25, 0.3) is 0 Å². The van der Waals surface area contributed by atoms with Gasteiger partial charge in [0.2, 0.25) is 0 Å². The van der Waals surface area contributed by atoms with Crippen molar-refractivity contribution in [1.29, 1.82) is 0 Å². The molecule has 0 amide bonds. The summed E-state index contributed by atoms with van der Waals surface area (Å²) in [5.41, 5.74) is 0. The minimum Gasteiger partial charge on any atom is -0.479 e. The number of ether oxygens (including phenoxy) is 1. The summed E-state index contributed by atoms with van der Waals surface area (Å²) in [6.45, 7) is 4.41. The molecule has 0 rings (SSSR count). The van der Waals surface area contributed by atoms with Gasteiger partial charge in [-0.2, -0.15) is 0 Å². The third-order valence-corrected chi connectivity index (χ3v) is 3.41. The third kappa shape index (κ3) is 16.8. The fraction of sp³-hybridized carbons (Fsp3) is 0.500. The highest BCUT2D eigenvalue weighted by Crippen LogP contribution is 2.00. The Bertz CT molecular complexity index is 456. The molecule has 25 heavy (non-hydrogen) atoms. The molecule has 140 valence electrons. The highest BCUT2D eigenvalue weighted by Gasteiger charge is 2.13. The normalized spacial score (nSPS) is 14.0. The zero-order valence-corrected chi connectivity index (χ0v) is 15.8. The summed E-state index contributed by atoms with van der Waals surface area (Å²) in [6.07, 6.45) is 27.1. The van der Waals surface area contributed by atoms with Gasteiger partial charge in [-0.1, -0.05) is 74.6 Å². The van der Waals surface area contributed by atoms with Gasteiger partial charge >= 0.3 is 5.97 Å². The number of carbonyl (C=O) groups is 1. The van der Waals surface area contributed by atoms with E-state index in [1.807, 2.05) is 13.0 Å². The monoisotopic (exact) mass is 346 g/mol. The highest BCUT2D eigenvalue weighted by atomic mass is 16.5. The van der Waals surface area contributed by atoms with Crippen LogP contribution in [0.15, 0.2) is 60.8 Å². The summed E-state index contributed by atoms with van der Waals surface area (Å²) < 4.78 is 5.28. The maximum Gasteiger partial charge on any atom is 0.332 e. The standard InChI is InChI=1S/C22H34O3/c1-3-5-6-7-8-9-10-11-12-13-14-15-16-17-18-19-20-25-21(4-2)22(23)24/h5-6,8-9,11-12,14-15,17-18,21H,3-4,7,10,13,16,19-20H2,1-2H3,(H,23,24)/b6-5-,9-8-,12-11-,15-14-,18-17-. The van der Waals surface area contributed by atoms with Gasteiger partial charge in [-0.05, 0) is 44.9 Å². The summed E-state index contributed by atoms with van der Waals surface area (Å²) in [7, 11) is 0. The van der Waals surface area contributed by atoms with Gasteiger partial charge in [0, 0.05) is 0 Å². The van der Waals surface area contributed by atoms with Gasteiger partial charge in [0.1, 0.15) is 0 Å². The van der Waals surface area contributed by atoms with Crippen molar-refractivity contribution in [3.05, 3.63) is 60.8 Å². The molecule has 0 aliphatic rings. The van der Waals surface area contributed by atoms with Crippen LogP contribution < -0.4 is 0 Å². The molecule has 0 aromatic heterocycles. The van der Waals surface area contributed by atoms with E-state index in [2.05, 4.69) is 61.6 Å². The highest BCUT2D eigenvalue weighted by molar-refractivity contribution is 5.72. The fourth-order valence-electron chi connectivity index (χ4n) is 2.01. The van der Waals surface area contributed by atoms with Crippen molar-refractivity contribution >= 4 is 5.97 Å². The Hall–Kier alpha value is -1.87. The lowest BCUT2D eigenvalue weighted by Gasteiger charge is -2.09. The molecule has 1 N–H and O–H groups in total. The van der Waals surface area contributed by atoms with Crippen LogP contribution in [0.5, 0.6) is 0 Å². The lowest BCUT2D eigenvalue weighted by atomic mass is 10.2. The number of rotatable bonds is 15. The van der Waals surface area contributed by atoms with E-state index in [1.165, 1.54) is 0 Å². The Morgan fingerprint density at radius 1 is 0.800 bits per heavy atom. The Morgan fingerprint density at radius 3 is 1.64 bits per heavy atom. The lowest BCUT2D eigenvalue weighted by Crippen LogP contribution is -2.23. The van der Waals surface area contributed by atoms with Gasteiger partial charge < -0.3 is 9.84 Å². The molecule has 0 spiro atoms. The Kier molecular flexibility index (Phi) is 17.1. The summed E-state index contributed by atoms with van der Waals surface area (Å²) in [5.74, 6) is -0.883. The van der Waals surface area contributed by atoms with Gasteiger partial charge in [0.15, 0.2) is 6.10 Å². The maximum absolute atomic E-state index is 10.8. The zero-order chi connectivity index (χ0) is 18.6. The van der Waals surface area contributed by atoms with Crippen LogP contribution in [0.25, 0.3) is 0 Å². The third-order valence-electron chi connectivity index (χ3n) is 3.41. The zero-order valence-electron chi connectivity index (χ0n) is 15.8. The van der Waals surface area contributed by atoms with Crippen molar-refractivity contribution in [2.24, 2.45) is 0 Å². The Labute approximate surface area is 153 Å². The molecule has 0 bridgehead atoms. The van der Waals surface area contributed by atoms with E-state index in [0.717, 1.165) is 38.5 Å². The van der Waals surface area contributed by atoms with Crippen LogP contribution in [-0.2, 0) is 9.53 Å². The minimum atomic E-state index is -0.883. The van der Waals surface area contributed by atoms with E-state index < -0.39 is 12.1 Å². The van der Waals surface area contributed by atoms with E-state index in [9.17, 15) is 4.79 Å². The van der Waals surface area contributed by atoms with Crippen molar-refractivity contribution < 1.29 is 14.6 Å². The number of carboxylic acid groups (broad SMARTS) is 1. The number of aliphatic carboxylic acids is 1. The smallest absolute Gasteiger partial charge is 0.332 e. The van der Waals surface area contributed by atoms with Crippen molar-refractivity contribution in [3.8, 4) is 0 Å². The molecule has 3 heteroatoms. The number of carboxylic acids is 1. The van der Waals surface area contributed by atoms with Crippen LogP contribution in [0.3, 0.4) is 0 Å². The summed E-state index contributed by atoms with van der Waals surface area (Å²) >= 11 is 0. The number of allylic oxidation sites excluding steroid dienone is 9. The van der Waals surface area contributed by atoms with Gasteiger partial charge in [-0.3, -0.25) is 0 Å². The van der Waals surface area contributed by atoms with Crippen molar-refractivity contribution in [2.45, 2.75) is 64.9 Å². The van der Waals surface area contributed by atoms with Gasteiger partial charge in [-0.25, -0.2) is 4.79 Å². The molecule has 0 radical (unpaired) electrons. The van der Waals surface area contributed by atoms with E-state index in [0.29, 0.717) is 13.0 Å². The molecule has 0 fully saturated rings. The first kappa shape index (κ1) is 23.1. The first-order chi connectivity index (χ1) is 12.2. The molecule has 0 aliphatic heterocycles. The summed E-state index contributed by atoms with van der Waals surface area (Å²) in [6, 6.07) is 0. The van der Waals surface area contributed by atoms with Crippen LogP contribution in [0.4, 0.5) is 0 Å². The first-order valence-corrected chi connectivity index (χ1v) is 9.31. The molecule has 0 heterocycles. The SMILES string of the molecule is CC/C=C\C/C=C\C/C=C\C/C=C\C/C=C\CCOC(CC)C(=O)O. The topological polar surface area (TPSA) is 46.5 Å². The van der Waals surface area contributed by atoms with Crippen LogP contribution in [0.2, 0.25) is 0 Å². The van der Waals surface area contributed by atoms with Crippen LogP contribution in [0, 0.1) is 0 Å². The summed E-state index contributed by atoms with van der Waals surface area (Å²) in [4.78, 5) is 10.8. The van der Waals surface area contributed by atoms with Gasteiger partial charge in [0.05, 0.1) is 6.61 Å². The second-order valence-electron chi connectivity index (χ2n) is 5.60. The molecule has 0 saturated heterocycles. The quantitative estimate of drug-likeness (QED) is 0.292. The maximum atomic E-state index is 10.8. The lowest BCUT2D eigenvalue weighted by molar-refractivity contribution is -0.150. The largest absolute Gasteiger partial charge is 0.479 e. The minimum absolute atomic E-state index is 0.454. The Balaban J connectivity index is 3.57. The average Bonchev–Trinajstić information content (AvgIpc) is 2.60.